The van der Waals surface area contributed by atoms with Gasteiger partial charge in [0.1, 0.15) is 13.2 Å². The highest BCUT2D eigenvalue weighted by Gasteiger charge is 2.24. The van der Waals surface area contributed by atoms with Crippen molar-refractivity contribution in [1.29, 1.82) is 0 Å². The Labute approximate surface area is 112 Å². The van der Waals surface area contributed by atoms with E-state index in [2.05, 4.69) is 5.32 Å². The summed E-state index contributed by atoms with van der Waals surface area (Å²) in [7, 11) is 1.80. The molecule has 0 fully saturated rings. The number of halogens is 1. The average molecular weight is 272 g/mol. The highest BCUT2D eigenvalue weighted by Crippen LogP contribution is 2.43. The number of hydrogen-bond acceptors (Lipinski definition) is 4. The first kappa shape index (κ1) is 13.5. The van der Waals surface area contributed by atoms with E-state index in [-0.39, 0.29) is 0 Å². The number of likely N-dealkylation sites (N-methyl/N-ethyl adjacent to an activating group) is 1. The Balaban J connectivity index is 2.50. The maximum absolute atomic E-state index is 10.1. The van der Waals surface area contributed by atoms with Crippen LogP contribution >= 0.6 is 11.6 Å². The van der Waals surface area contributed by atoms with Crippen LogP contribution in [0.2, 0.25) is 5.02 Å². The van der Waals surface area contributed by atoms with Crippen LogP contribution in [0.15, 0.2) is 6.07 Å². The van der Waals surface area contributed by atoms with E-state index >= 15 is 0 Å². The maximum atomic E-state index is 10.1. The van der Waals surface area contributed by atoms with Gasteiger partial charge >= 0.3 is 0 Å². The number of aliphatic hydroxyl groups is 1. The van der Waals surface area contributed by atoms with Crippen LogP contribution in [-0.2, 0) is 6.42 Å². The quantitative estimate of drug-likeness (QED) is 0.879. The Hall–Kier alpha value is -0.970. The van der Waals surface area contributed by atoms with Crippen LogP contribution in [0.4, 0.5) is 0 Å². The minimum Gasteiger partial charge on any atom is -0.486 e. The van der Waals surface area contributed by atoms with E-state index < -0.39 is 6.10 Å². The minimum absolute atomic E-state index is 0.475. The standard InChI is InChI=1S/C13H18ClNO3/c1-3-8-9(11(16)7-15-2)6-10(14)13-12(8)17-4-5-18-13/h6,11,15-16H,3-5,7H2,1-2H3. The van der Waals surface area contributed by atoms with E-state index in [0.29, 0.717) is 36.3 Å². The van der Waals surface area contributed by atoms with Gasteiger partial charge in [-0.15, -0.1) is 0 Å². The molecule has 0 bridgehead atoms. The first-order chi connectivity index (χ1) is 8.69. The zero-order valence-electron chi connectivity index (χ0n) is 10.6. The van der Waals surface area contributed by atoms with Crippen molar-refractivity contribution in [3.63, 3.8) is 0 Å². The van der Waals surface area contributed by atoms with Gasteiger partial charge in [-0.3, -0.25) is 0 Å². The molecule has 1 aromatic rings. The molecule has 0 amide bonds. The van der Waals surface area contributed by atoms with Crippen molar-refractivity contribution < 1.29 is 14.6 Å². The first-order valence-corrected chi connectivity index (χ1v) is 6.50. The van der Waals surface area contributed by atoms with Crippen LogP contribution in [0.1, 0.15) is 24.2 Å². The highest BCUT2D eigenvalue weighted by molar-refractivity contribution is 6.32. The summed E-state index contributed by atoms with van der Waals surface area (Å²) in [6, 6.07) is 1.77. The third-order valence-electron chi connectivity index (χ3n) is 3.01. The smallest absolute Gasteiger partial charge is 0.180 e. The lowest BCUT2D eigenvalue weighted by Gasteiger charge is -2.25. The van der Waals surface area contributed by atoms with Crippen molar-refractivity contribution in [2.24, 2.45) is 0 Å². The lowest BCUT2D eigenvalue weighted by molar-refractivity contribution is 0.162. The average Bonchev–Trinajstić information content (AvgIpc) is 2.39. The molecule has 1 aliphatic heterocycles. The Morgan fingerprint density at radius 3 is 2.67 bits per heavy atom. The number of fused-ring (bicyclic) bond motifs is 1. The van der Waals surface area contributed by atoms with Gasteiger partial charge in [-0.1, -0.05) is 18.5 Å². The fraction of sp³-hybridized carbons (Fsp3) is 0.538. The molecule has 0 spiro atoms. The second kappa shape index (κ2) is 5.78. The lowest BCUT2D eigenvalue weighted by atomic mass is 9.98. The van der Waals surface area contributed by atoms with Crippen LogP contribution in [0.3, 0.4) is 0 Å². The van der Waals surface area contributed by atoms with Crippen LogP contribution in [-0.4, -0.2) is 31.9 Å². The summed E-state index contributed by atoms with van der Waals surface area (Å²) in [4.78, 5) is 0. The van der Waals surface area contributed by atoms with Crippen molar-refractivity contribution >= 4 is 11.6 Å². The second-order valence-corrected chi connectivity index (χ2v) is 4.62. The van der Waals surface area contributed by atoms with Gasteiger partial charge in [0.2, 0.25) is 0 Å². The summed E-state index contributed by atoms with van der Waals surface area (Å²) in [5, 5.41) is 13.6. The SMILES string of the molecule is CCc1c(C(O)CNC)cc(Cl)c2c1OCCO2. The van der Waals surface area contributed by atoms with Crippen LogP contribution in [0.5, 0.6) is 11.5 Å². The van der Waals surface area contributed by atoms with Crippen LogP contribution in [0.25, 0.3) is 0 Å². The van der Waals surface area contributed by atoms with Crippen molar-refractivity contribution in [2.45, 2.75) is 19.4 Å². The minimum atomic E-state index is -0.599. The molecule has 0 saturated heterocycles. The third kappa shape index (κ3) is 2.41. The number of hydrogen-bond donors (Lipinski definition) is 2. The fourth-order valence-corrected chi connectivity index (χ4v) is 2.46. The molecule has 2 N–H and O–H groups in total. The van der Waals surface area contributed by atoms with Gasteiger partial charge in [0.05, 0.1) is 11.1 Å². The van der Waals surface area contributed by atoms with E-state index in [9.17, 15) is 5.11 Å². The molecule has 0 aliphatic carbocycles. The van der Waals surface area contributed by atoms with Crippen molar-refractivity contribution in [3.8, 4) is 11.5 Å². The Morgan fingerprint density at radius 1 is 1.39 bits per heavy atom. The fourth-order valence-electron chi connectivity index (χ4n) is 2.21. The molecule has 5 heteroatoms. The number of aliphatic hydroxyl groups excluding tert-OH is 1. The number of nitrogens with one attached hydrogen (secondary N) is 1. The molecule has 2 rings (SSSR count). The summed E-state index contributed by atoms with van der Waals surface area (Å²) in [5.74, 6) is 1.28. The van der Waals surface area contributed by atoms with E-state index in [1.165, 1.54) is 0 Å². The molecule has 1 heterocycles. The van der Waals surface area contributed by atoms with E-state index in [4.69, 9.17) is 21.1 Å². The van der Waals surface area contributed by atoms with Gasteiger partial charge in [-0.05, 0) is 25.1 Å². The molecule has 0 saturated carbocycles. The zero-order chi connectivity index (χ0) is 13.1. The number of benzene rings is 1. The topological polar surface area (TPSA) is 50.7 Å². The van der Waals surface area contributed by atoms with E-state index in [1.54, 1.807) is 13.1 Å². The van der Waals surface area contributed by atoms with E-state index in [1.807, 2.05) is 6.92 Å². The molecule has 100 valence electrons. The largest absolute Gasteiger partial charge is 0.486 e. The molecule has 1 atom stereocenters. The van der Waals surface area contributed by atoms with Gasteiger partial charge in [0.15, 0.2) is 11.5 Å². The monoisotopic (exact) mass is 271 g/mol. The van der Waals surface area contributed by atoms with E-state index in [0.717, 1.165) is 17.5 Å². The zero-order valence-corrected chi connectivity index (χ0v) is 11.4. The van der Waals surface area contributed by atoms with Crippen LogP contribution < -0.4 is 14.8 Å². The molecular weight excluding hydrogens is 254 g/mol. The molecule has 0 aromatic heterocycles. The molecule has 1 unspecified atom stereocenters. The molecule has 0 radical (unpaired) electrons. The Bertz CT molecular complexity index is 437. The predicted octanol–water partition coefficient (Wildman–Crippen LogP) is 1.93. The number of rotatable bonds is 4. The van der Waals surface area contributed by atoms with Gasteiger partial charge in [-0.2, -0.15) is 0 Å². The summed E-state index contributed by atoms with van der Waals surface area (Å²) in [6.07, 6.45) is 0.164. The molecular formula is C13H18ClNO3. The highest BCUT2D eigenvalue weighted by atomic mass is 35.5. The first-order valence-electron chi connectivity index (χ1n) is 6.12. The third-order valence-corrected chi connectivity index (χ3v) is 3.29. The van der Waals surface area contributed by atoms with Gasteiger partial charge in [0.25, 0.3) is 0 Å². The lowest BCUT2D eigenvalue weighted by Crippen LogP contribution is -2.21. The normalized spacial score (nSPS) is 15.6. The van der Waals surface area contributed by atoms with Gasteiger partial charge in [-0.25, -0.2) is 0 Å². The molecule has 4 nitrogen and oxygen atoms in total. The molecule has 18 heavy (non-hydrogen) atoms. The maximum Gasteiger partial charge on any atom is 0.180 e. The van der Waals surface area contributed by atoms with Crippen molar-refractivity contribution in [2.75, 3.05) is 26.8 Å². The second-order valence-electron chi connectivity index (χ2n) is 4.21. The van der Waals surface area contributed by atoms with Gasteiger partial charge in [0, 0.05) is 12.1 Å². The van der Waals surface area contributed by atoms with Crippen molar-refractivity contribution in [1.82, 2.24) is 5.32 Å². The Kier molecular flexibility index (Phi) is 4.32. The van der Waals surface area contributed by atoms with Crippen LogP contribution in [0, 0.1) is 0 Å². The predicted molar refractivity (Wildman–Crippen MR) is 70.7 cm³/mol. The summed E-state index contributed by atoms with van der Waals surface area (Å²) in [6.45, 7) is 3.52. The summed E-state index contributed by atoms with van der Waals surface area (Å²) in [5.41, 5.74) is 1.78. The molecule has 1 aliphatic rings. The van der Waals surface area contributed by atoms with Crippen molar-refractivity contribution in [3.05, 3.63) is 22.2 Å². The summed E-state index contributed by atoms with van der Waals surface area (Å²) >= 11 is 6.18. The van der Waals surface area contributed by atoms with Gasteiger partial charge < -0.3 is 19.9 Å². The Morgan fingerprint density at radius 2 is 2.06 bits per heavy atom. The summed E-state index contributed by atoms with van der Waals surface area (Å²) < 4.78 is 11.2. The molecule has 1 aromatic carbocycles. The number of ether oxygens (including phenoxy) is 2.